The van der Waals surface area contributed by atoms with E-state index in [1.807, 2.05) is 12.1 Å². The van der Waals surface area contributed by atoms with Crippen LogP contribution in [0.5, 0.6) is 11.5 Å². The zero-order chi connectivity index (χ0) is 18.1. The third-order valence-corrected chi connectivity index (χ3v) is 4.25. The molecule has 4 rings (SSSR count). The van der Waals surface area contributed by atoms with Crippen LogP contribution in [0.25, 0.3) is 10.9 Å². The molecule has 0 spiro atoms. The van der Waals surface area contributed by atoms with E-state index in [1.54, 1.807) is 37.3 Å². The predicted octanol–water partition coefficient (Wildman–Crippen LogP) is 2.11. The number of nitrogens with zero attached hydrogens (tertiary/aromatic N) is 2. The van der Waals surface area contributed by atoms with Gasteiger partial charge in [0.15, 0.2) is 17.3 Å². The summed E-state index contributed by atoms with van der Waals surface area (Å²) in [7, 11) is 0. The Kier molecular flexibility index (Phi) is 4.04. The van der Waals surface area contributed by atoms with E-state index in [-0.39, 0.29) is 31.2 Å². The number of fused-ring (bicyclic) bond motifs is 2. The Morgan fingerprint density at radius 1 is 1.19 bits per heavy atom. The first-order chi connectivity index (χ1) is 12.6. The smallest absolute Gasteiger partial charge is 0.261 e. The highest BCUT2D eigenvalue weighted by molar-refractivity contribution is 5.83. The van der Waals surface area contributed by atoms with Crippen molar-refractivity contribution < 1.29 is 14.3 Å². The first-order valence-corrected chi connectivity index (χ1v) is 8.23. The van der Waals surface area contributed by atoms with E-state index < -0.39 is 0 Å². The van der Waals surface area contributed by atoms with Crippen LogP contribution in [0, 0.1) is 6.92 Å². The molecule has 0 saturated heterocycles. The number of anilines is 1. The lowest BCUT2D eigenvalue weighted by Crippen LogP contribution is -2.30. The molecule has 7 heteroatoms. The molecule has 0 saturated carbocycles. The van der Waals surface area contributed by atoms with Gasteiger partial charge in [-0.25, -0.2) is 4.98 Å². The van der Waals surface area contributed by atoms with Gasteiger partial charge in [-0.1, -0.05) is 12.1 Å². The largest absolute Gasteiger partial charge is 0.454 e. The fourth-order valence-corrected chi connectivity index (χ4v) is 2.90. The second kappa shape index (κ2) is 6.51. The summed E-state index contributed by atoms with van der Waals surface area (Å²) in [6, 6.07) is 12.5. The molecule has 0 radical (unpaired) electrons. The maximum Gasteiger partial charge on any atom is 0.261 e. The second-order valence-electron chi connectivity index (χ2n) is 6.03. The summed E-state index contributed by atoms with van der Waals surface area (Å²) in [5, 5.41) is 3.56. The zero-order valence-corrected chi connectivity index (χ0v) is 14.2. The average molecular weight is 351 g/mol. The molecule has 0 aliphatic carbocycles. The molecule has 0 bridgehead atoms. The monoisotopic (exact) mass is 351 g/mol. The summed E-state index contributed by atoms with van der Waals surface area (Å²) in [5.74, 6) is 1.73. The van der Waals surface area contributed by atoms with E-state index in [4.69, 9.17) is 9.47 Å². The van der Waals surface area contributed by atoms with Gasteiger partial charge in [0.25, 0.3) is 5.56 Å². The van der Waals surface area contributed by atoms with Crippen LogP contribution < -0.4 is 20.3 Å². The fourth-order valence-electron chi connectivity index (χ4n) is 2.90. The minimum Gasteiger partial charge on any atom is -0.454 e. The highest BCUT2D eigenvalue weighted by Crippen LogP contribution is 2.34. The van der Waals surface area contributed by atoms with E-state index in [9.17, 15) is 9.59 Å². The van der Waals surface area contributed by atoms with E-state index in [1.165, 1.54) is 4.57 Å². The summed E-state index contributed by atoms with van der Waals surface area (Å²) >= 11 is 0. The molecule has 2 heterocycles. The standard InChI is InChI=1S/C19H17N3O4/c1-12-21-16-5-3-2-4-15(16)19(24)22(12)10-14(23)9-20-13-6-7-17-18(8-13)26-11-25-17/h2-8,20H,9-11H2,1H3. The second-order valence-corrected chi connectivity index (χ2v) is 6.03. The molecule has 1 aliphatic rings. The SMILES string of the molecule is Cc1nc2ccccc2c(=O)n1CC(=O)CNc1ccc2c(c1)OCO2. The topological polar surface area (TPSA) is 82.5 Å². The predicted molar refractivity (Wildman–Crippen MR) is 96.8 cm³/mol. The van der Waals surface area contributed by atoms with Crippen LogP contribution in [0.1, 0.15) is 5.82 Å². The number of hydrogen-bond donors (Lipinski definition) is 1. The van der Waals surface area contributed by atoms with E-state index in [0.717, 1.165) is 5.69 Å². The van der Waals surface area contributed by atoms with Crippen LogP contribution in [0.15, 0.2) is 47.3 Å². The minimum absolute atomic E-state index is 0.0277. The Hall–Kier alpha value is -3.35. The number of aromatic nitrogens is 2. The molecule has 1 aromatic heterocycles. The van der Waals surface area contributed by atoms with Crippen molar-refractivity contribution in [3.8, 4) is 11.5 Å². The van der Waals surface area contributed by atoms with Crippen LogP contribution in [0.2, 0.25) is 0 Å². The van der Waals surface area contributed by atoms with Crippen molar-refractivity contribution in [1.82, 2.24) is 9.55 Å². The number of nitrogens with one attached hydrogen (secondary N) is 1. The van der Waals surface area contributed by atoms with E-state index in [2.05, 4.69) is 10.3 Å². The van der Waals surface area contributed by atoms with E-state index >= 15 is 0 Å². The van der Waals surface area contributed by atoms with Gasteiger partial charge in [-0.15, -0.1) is 0 Å². The van der Waals surface area contributed by atoms with Crippen LogP contribution in [0.4, 0.5) is 5.69 Å². The van der Waals surface area contributed by atoms with Gasteiger partial charge < -0.3 is 14.8 Å². The lowest BCUT2D eigenvalue weighted by molar-refractivity contribution is -0.118. The number of carbonyl (C=O) groups is 1. The van der Waals surface area contributed by atoms with Gasteiger partial charge in [0, 0.05) is 11.8 Å². The molecule has 7 nitrogen and oxygen atoms in total. The maximum atomic E-state index is 12.6. The number of aryl methyl sites for hydroxylation is 1. The van der Waals surface area contributed by atoms with Gasteiger partial charge in [-0.3, -0.25) is 14.2 Å². The van der Waals surface area contributed by atoms with Crippen LogP contribution in [-0.2, 0) is 11.3 Å². The Bertz CT molecular complexity index is 1060. The molecule has 1 N–H and O–H groups in total. The van der Waals surface area contributed by atoms with Crippen molar-refractivity contribution in [2.75, 3.05) is 18.7 Å². The van der Waals surface area contributed by atoms with Gasteiger partial charge in [-0.2, -0.15) is 0 Å². The lowest BCUT2D eigenvalue weighted by Gasteiger charge is -2.11. The third-order valence-electron chi connectivity index (χ3n) is 4.25. The molecule has 26 heavy (non-hydrogen) atoms. The van der Waals surface area contributed by atoms with Gasteiger partial charge in [-0.05, 0) is 31.2 Å². The molecule has 0 unspecified atom stereocenters. The quantitative estimate of drug-likeness (QED) is 0.758. The molecular formula is C19H17N3O4. The molecule has 3 aromatic rings. The maximum absolute atomic E-state index is 12.6. The first kappa shape index (κ1) is 16.1. The van der Waals surface area contributed by atoms with Gasteiger partial charge >= 0.3 is 0 Å². The number of para-hydroxylation sites is 1. The summed E-state index contributed by atoms with van der Waals surface area (Å²) < 4.78 is 12.0. The Balaban J connectivity index is 1.48. The fraction of sp³-hybridized carbons (Fsp3) is 0.211. The number of rotatable bonds is 5. The van der Waals surface area contributed by atoms with Crippen molar-refractivity contribution in [1.29, 1.82) is 0 Å². The first-order valence-electron chi connectivity index (χ1n) is 8.23. The molecule has 0 fully saturated rings. The third kappa shape index (κ3) is 2.99. The van der Waals surface area contributed by atoms with Crippen molar-refractivity contribution in [3.63, 3.8) is 0 Å². The lowest BCUT2D eigenvalue weighted by atomic mass is 10.2. The minimum atomic E-state index is -0.204. The number of benzene rings is 2. The van der Waals surface area contributed by atoms with Gasteiger partial charge in [0.1, 0.15) is 5.82 Å². The van der Waals surface area contributed by atoms with Crippen LogP contribution in [0.3, 0.4) is 0 Å². The number of ether oxygens (including phenoxy) is 2. The molecule has 1 aliphatic heterocycles. The van der Waals surface area contributed by atoms with Crippen molar-refractivity contribution in [2.45, 2.75) is 13.5 Å². The molecule has 0 atom stereocenters. The van der Waals surface area contributed by atoms with Crippen molar-refractivity contribution in [2.24, 2.45) is 0 Å². The summed E-state index contributed by atoms with van der Waals surface area (Å²) in [4.78, 5) is 29.4. The average Bonchev–Trinajstić information content (AvgIpc) is 3.11. The normalized spacial score (nSPS) is 12.3. The number of carbonyl (C=O) groups excluding carboxylic acids is 1. The summed E-state index contributed by atoms with van der Waals surface area (Å²) in [6.45, 7) is 2.00. The van der Waals surface area contributed by atoms with Crippen molar-refractivity contribution >= 4 is 22.4 Å². The highest BCUT2D eigenvalue weighted by atomic mass is 16.7. The number of ketones is 1. The van der Waals surface area contributed by atoms with Gasteiger partial charge in [0.2, 0.25) is 6.79 Å². The van der Waals surface area contributed by atoms with Crippen LogP contribution >= 0.6 is 0 Å². The summed E-state index contributed by atoms with van der Waals surface area (Å²) in [6.07, 6.45) is 0. The molecule has 132 valence electrons. The zero-order valence-electron chi connectivity index (χ0n) is 14.2. The Morgan fingerprint density at radius 2 is 2.00 bits per heavy atom. The Labute approximate surface area is 149 Å². The highest BCUT2D eigenvalue weighted by Gasteiger charge is 2.14. The Morgan fingerprint density at radius 3 is 2.88 bits per heavy atom. The van der Waals surface area contributed by atoms with E-state index in [0.29, 0.717) is 28.2 Å². The van der Waals surface area contributed by atoms with Crippen molar-refractivity contribution in [3.05, 3.63) is 58.6 Å². The molecular weight excluding hydrogens is 334 g/mol. The molecule has 2 aromatic carbocycles. The van der Waals surface area contributed by atoms with Crippen LogP contribution in [-0.4, -0.2) is 28.7 Å². The number of Topliss-reactive ketones (excluding diaryl/α,β-unsaturated/α-hetero) is 1. The number of hydrogen-bond acceptors (Lipinski definition) is 6. The van der Waals surface area contributed by atoms with Gasteiger partial charge in [0.05, 0.1) is 24.0 Å². The summed E-state index contributed by atoms with van der Waals surface area (Å²) in [5.41, 5.74) is 1.19. The molecule has 0 amide bonds.